The van der Waals surface area contributed by atoms with Gasteiger partial charge in [-0.1, -0.05) is 0 Å². The molecule has 0 saturated heterocycles. The van der Waals surface area contributed by atoms with Crippen LogP contribution in [-0.2, 0) is 0 Å². The largest absolute Gasteiger partial charge is 0.504 e. The number of methoxy groups -OCH3 is 2. The number of halogens is 1. The number of anilines is 4. The smallest absolute Gasteiger partial charge is 0.229 e. The lowest BCUT2D eigenvalue weighted by molar-refractivity contribution is 0.140. The van der Waals surface area contributed by atoms with Crippen LogP contribution in [0.1, 0.15) is 31.2 Å². The summed E-state index contributed by atoms with van der Waals surface area (Å²) in [5.74, 6) is -0.445. The van der Waals surface area contributed by atoms with Gasteiger partial charge in [0.2, 0.25) is 11.7 Å². The second-order valence-electron chi connectivity index (χ2n) is 8.65. The summed E-state index contributed by atoms with van der Waals surface area (Å²) in [6, 6.07) is 6.28. The van der Waals surface area contributed by atoms with E-state index >= 15 is 0 Å². The summed E-state index contributed by atoms with van der Waals surface area (Å²) in [6.07, 6.45) is 3.92. The SMILES string of the molecule is COc1cc(Nc2ncc(F)c(Nc3ccc(O)c(O)c3OC3CCC[C@H](N)C3)n2)cc(C)c1OC. The molecule has 11 heteroatoms. The van der Waals surface area contributed by atoms with Crippen LogP contribution >= 0.6 is 0 Å². The summed E-state index contributed by atoms with van der Waals surface area (Å²) in [5, 5.41) is 26.4. The molecule has 2 aromatic carbocycles. The van der Waals surface area contributed by atoms with Gasteiger partial charge < -0.3 is 40.8 Å². The average molecular weight is 500 g/mol. The van der Waals surface area contributed by atoms with Crippen molar-refractivity contribution in [2.45, 2.75) is 44.8 Å². The number of hydrogen-bond donors (Lipinski definition) is 5. The Hall–Kier alpha value is -3.99. The molecule has 1 saturated carbocycles. The van der Waals surface area contributed by atoms with E-state index < -0.39 is 11.6 Å². The lowest BCUT2D eigenvalue weighted by Gasteiger charge is -2.28. The van der Waals surface area contributed by atoms with Crippen LogP contribution in [0.3, 0.4) is 0 Å². The molecule has 2 atom stereocenters. The van der Waals surface area contributed by atoms with E-state index in [1.54, 1.807) is 13.2 Å². The van der Waals surface area contributed by atoms with Gasteiger partial charge in [-0.2, -0.15) is 4.98 Å². The monoisotopic (exact) mass is 499 g/mol. The van der Waals surface area contributed by atoms with Crippen LogP contribution in [0.15, 0.2) is 30.5 Å². The van der Waals surface area contributed by atoms with Gasteiger partial charge in [-0.3, -0.25) is 0 Å². The Labute approximate surface area is 208 Å². The van der Waals surface area contributed by atoms with Gasteiger partial charge in [0.05, 0.1) is 26.1 Å². The van der Waals surface area contributed by atoms with E-state index in [0.29, 0.717) is 23.6 Å². The zero-order chi connectivity index (χ0) is 25.8. The standard InChI is InChI=1S/C25H30FN5O5/c1-13-9-15(11-20(34-2)22(13)35-3)29-25-28-12-17(26)24(31-25)30-18-7-8-19(32)21(33)23(18)36-16-6-4-5-14(27)10-16/h7-9,11-12,14,16,32-33H,4-6,10,27H2,1-3H3,(H2,28,29,30,31)/t14-,16?/m0/s1. The minimum absolute atomic E-state index is 0.00265. The summed E-state index contributed by atoms with van der Waals surface area (Å²) in [7, 11) is 3.09. The molecule has 10 nitrogen and oxygen atoms in total. The van der Waals surface area contributed by atoms with Gasteiger partial charge in [-0.15, -0.1) is 0 Å². The lowest BCUT2D eigenvalue weighted by atomic mass is 9.93. The Kier molecular flexibility index (Phi) is 7.49. The van der Waals surface area contributed by atoms with Gasteiger partial charge in [-0.05, 0) is 56.4 Å². The second kappa shape index (κ2) is 10.7. The third-order valence-corrected chi connectivity index (χ3v) is 5.98. The maximum absolute atomic E-state index is 14.7. The zero-order valence-corrected chi connectivity index (χ0v) is 20.3. The van der Waals surface area contributed by atoms with Crippen molar-refractivity contribution in [1.82, 2.24) is 9.97 Å². The van der Waals surface area contributed by atoms with Crippen molar-refractivity contribution in [3.8, 4) is 28.7 Å². The van der Waals surface area contributed by atoms with E-state index in [9.17, 15) is 14.6 Å². The highest BCUT2D eigenvalue weighted by molar-refractivity contribution is 5.72. The molecule has 36 heavy (non-hydrogen) atoms. The minimum atomic E-state index is -0.720. The third kappa shape index (κ3) is 5.46. The van der Waals surface area contributed by atoms with Crippen molar-refractivity contribution in [1.29, 1.82) is 0 Å². The number of hydrogen-bond acceptors (Lipinski definition) is 10. The number of phenols is 2. The molecule has 1 heterocycles. The Bertz CT molecular complexity index is 1240. The molecule has 4 rings (SSSR count). The summed E-state index contributed by atoms with van der Waals surface area (Å²) >= 11 is 0. The molecule has 1 aliphatic rings. The summed E-state index contributed by atoms with van der Waals surface area (Å²) < 4.78 is 31.4. The van der Waals surface area contributed by atoms with E-state index in [0.717, 1.165) is 31.0 Å². The van der Waals surface area contributed by atoms with Crippen molar-refractivity contribution in [2.75, 3.05) is 24.9 Å². The number of phenolic OH excluding ortho intramolecular Hbond substituents is 2. The normalized spacial score (nSPS) is 17.4. The number of benzene rings is 2. The number of nitrogens with one attached hydrogen (secondary N) is 2. The highest BCUT2D eigenvalue weighted by Crippen LogP contribution is 2.44. The molecule has 0 radical (unpaired) electrons. The quantitative estimate of drug-likeness (QED) is 0.222. The van der Waals surface area contributed by atoms with Gasteiger partial charge >= 0.3 is 0 Å². The van der Waals surface area contributed by atoms with E-state index in [2.05, 4.69) is 20.6 Å². The van der Waals surface area contributed by atoms with Crippen molar-refractivity contribution >= 4 is 23.1 Å². The van der Waals surface area contributed by atoms with Crippen LogP contribution in [0.4, 0.5) is 27.5 Å². The fourth-order valence-corrected chi connectivity index (χ4v) is 4.23. The first-order valence-corrected chi connectivity index (χ1v) is 11.6. The first-order chi connectivity index (χ1) is 17.3. The van der Waals surface area contributed by atoms with Crippen LogP contribution in [0.2, 0.25) is 0 Å². The first kappa shape index (κ1) is 25.1. The molecule has 1 unspecified atom stereocenters. The Morgan fingerprint density at radius 2 is 1.89 bits per heavy atom. The topological polar surface area (TPSA) is 144 Å². The average Bonchev–Trinajstić information content (AvgIpc) is 2.85. The molecule has 192 valence electrons. The van der Waals surface area contributed by atoms with Gasteiger partial charge in [0.15, 0.2) is 34.6 Å². The van der Waals surface area contributed by atoms with Gasteiger partial charge in [0.1, 0.15) is 6.10 Å². The third-order valence-electron chi connectivity index (χ3n) is 5.98. The molecule has 0 bridgehead atoms. The van der Waals surface area contributed by atoms with Gasteiger partial charge in [-0.25, -0.2) is 9.37 Å². The molecule has 0 spiro atoms. The molecular formula is C25H30FN5O5. The molecule has 6 N–H and O–H groups in total. The molecule has 1 fully saturated rings. The number of nitrogens with two attached hydrogens (primary N) is 1. The highest BCUT2D eigenvalue weighted by Gasteiger charge is 2.25. The number of aromatic nitrogens is 2. The first-order valence-electron chi connectivity index (χ1n) is 11.6. The summed E-state index contributed by atoms with van der Waals surface area (Å²) in [5.41, 5.74) is 7.72. The van der Waals surface area contributed by atoms with Crippen molar-refractivity contribution in [3.05, 3.63) is 41.8 Å². The predicted molar refractivity (Wildman–Crippen MR) is 133 cm³/mol. The van der Waals surface area contributed by atoms with Gasteiger partial charge in [0.25, 0.3) is 0 Å². The molecule has 0 aliphatic heterocycles. The predicted octanol–water partition coefficient (Wildman–Crippen LogP) is 4.49. The fourth-order valence-electron chi connectivity index (χ4n) is 4.23. The fraction of sp³-hybridized carbons (Fsp3) is 0.360. The number of nitrogens with zero attached hydrogens (tertiary/aromatic N) is 2. The summed E-state index contributed by atoms with van der Waals surface area (Å²) in [6.45, 7) is 1.86. The minimum Gasteiger partial charge on any atom is -0.504 e. The van der Waals surface area contributed by atoms with Crippen LogP contribution in [0.25, 0.3) is 0 Å². The van der Waals surface area contributed by atoms with Crippen molar-refractivity contribution in [2.24, 2.45) is 5.73 Å². The Morgan fingerprint density at radius 1 is 1.08 bits per heavy atom. The van der Waals surface area contributed by atoms with Crippen LogP contribution in [0.5, 0.6) is 28.7 Å². The van der Waals surface area contributed by atoms with Crippen LogP contribution in [0, 0.1) is 12.7 Å². The van der Waals surface area contributed by atoms with E-state index in [1.807, 2.05) is 13.0 Å². The maximum atomic E-state index is 14.7. The lowest BCUT2D eigenvalue weighted by Crippen LogP contribution is -2.33. The molecular weight excluding hydrogens is 469 g/mol. The number of rotatable bonds is 8. The van der Waals surface area contributed by atoms with Gasteiger partial charge in [0, 0.05) is 17.8 Å². The number of aromatic hydroxyl groups is 2. The zero-order valence-electron chi connectivity index (χ0n) is 20.3. The van der Waals surface area contributed by atoms with Crippen LogP contribution in [-0.4, -0.2) is 46.5 Å². The Morgan fingerprint density at radius 3 is 2.61 bits per heavy atom. The molecule has 3 aromatic rings. The number of ether oxygens (including phenoxy) is 3. The van der Waals surface area contributed by atoms with Crippen molar-refractivity contribution < 1.29 is 28.8 Å². The second-order valence-corrected chi connectivity index (χ2v) is 8.65. The summed E-state index contributed by atoms with van der Waals surface area (Å²) in [4.78, 5) is 8.26. The number of aryl methyl sites for hydroxylation is 1. The highest BCUT2D eigenvalue weighted by atomic mass is 19.1. The maximum Gasteiger partial charge on any atom is 0.229 e. The Balaban J connectivity index is 1.60. The van der Waals surface area contributed by atoms with E-state index in [1.165, 1.54) is 19.2 Å². The van der Waals surface area contributed by atoms with Crippen LogP contribution < -0.4 is 30.6 Å². The van der Waals surface area contributed by atoms with E-state index in [4.69, 9.17) is 19.9 Å². The van der Waals surface area contributed by atoms with E-state index in [-0.39, 0.29) is 41.1 Å². The molecule has 0 amide bonds. The molecule has 1 aromatic heterocycles. The molecule has 1 aliphatic carbocycles. The van der Waals surface area contributed by atoms with Crippen molar-refractivity contribution in [3.63, 3.8) is 0 Å².